The van der Waals surface area contributed by atoms with Gasteiger partial charge in [-0.05, 0) is 110 Å². The van der Waals surface area contributed by atoms with Crippen LogP contribution in [0.25, 0.3) is 0 Å². The average Bonchev–Trinajstić information content (AvgIpc) is 3.06. The zero-order valence-corrected chi connectivity index (χ0v) is 28.2. The summed E-state index contributed by atoms with van der Waals surface area (Å²) in [5.74, 6) is 5.64. The van der Waals surface area contributed by atoms with Gasteiger partial charge in [0.15, 0.2) is 0 Å². The summed E-state index contributed by atoms with van der Waals surface area (Å²) < 4.78 is 12.2. The number of hydrogen-bond acceptors (Lipinski definition) is 3. The Kier molecular flexibility index (Phi) is 15.7. The fourth-order valence-corrected chi connectivity index (χ4v) is 7.52. The summed E-state index contributed by atoms with van der Waals surface area (Å²) in [6.07, 6.45) is 24.0. The average molecular weight is 603 g/mol. The van der Waals surface area contributed by atoms with Crippen LogP contribution in [0.5, 0.6) is 11.5 Å². The van der Waals surface area contributed by atoms with E-state index in [2.05, 4.69) is 62.4 Å². The van der Waals surface area contributed by atoms with E-state index in [1.807, 2.05) is 0 Å². The van der Waals surface area contributed by atoms with Crippen LogP contribution in [0, 0.1) is 23.7 Å². The molecule has 244 valence electrons. The number of carbonyl (C=O) groups is 1. The largest absolute Gasteiger partial charge is 0.493 e. The van der Waals surface area contributed by atoms with Crippen molar-refractivity contribution in [1.82, 2.24) is 0 Å². The van der Waals surface area contributed by atoms with Gasteiger partial charge in [0, 0.05) is 12.8 Å². The molecule has 0 atom stereocenters. The van der Waals surface area contributed by atoms with Gasteiger partial charge in [0.05, 0.1) is 13.2 Å². The van der Waals surface area contributed by atoms with Crippen LogP contribution in [0.4, 0.5) is 0 Å². The van der Waals surface area contributed by atoms with E-state index in [0.717, 1.165) is 75.1 Å². The summed E-state index contributed by atoms with van der Waals surface area (Å²) in [5, 5.41) is 0. The molecule has 0 heterocycles. The number of unbranched alkanes of at least 4 members (excludes halogenated alkanes) is 2. The molecule has 2 aromatic carbocycles. The van der Waals surface area contributed by atoms with Crippen molar-refractivity contribution in [2.45, 2.75) is 142 Å². The maximum absolute atomic E-state index is 12.5. The van der Waals surface area contributed by atoms with E-state index in [9.17, 15) is 4.79 Å². The maximum Gasteiger partial charge on any atom is 0.132 e. The van der Waals surface area contributed by atoms with Crippen LogP contribution in [0.15, 0.2) is 48.5 Å². The number of ketones is 1. The minimum absolute atomic E-state index is 0.497. The second-order valence-corrected chi connectivity index (χ2v) is 14.2. The first kappa shape index (κ1) is 34.6. The van der Waals surface area contributed by atoms with E-state index >= 15 is 0 Å². The Morgan fingerprint density at radius 1 is 0.545 bits per heavy atom. The number of benzene rings is 2. The molecule has 0 bridgehead atoms. The summed E-state index contributed by atoms with van der Waals surface area (Å²) in [7, 11) is 0. The predicted octanol–water partition coefficient (Wildman–Crippen LogP) is 11.4. The van der Waals surface area contributed by atoms with Gasteiger partial charge in [0.2, 0.25) is 0 Å². The Morgan fingerprint density at radius 3 is 1.27 bits per heavy atom. The Labute approximate surface area is 269 Å². The molecule has 2 saturated carbocycles. The monoisotopic (exact) mass is 602 g/mol. The van der Waals surface area contributed by atoms with Gasteiger partial charge in [-0.3, -0.25) is 4.79 Å². The molecule has 4 rings (SSSR count). The molecular formula is C41H62O3. The molecule has 0 spiro atoms. The van der Waals surface area contributed by atoms with E-state index in [-0.39, 0.29) is 0 Å². The summed E-state index contributed by atoms with van der Waals surface area (Å²) in [6.45, 7) is 6.17. The number of ether oxygens (including phenoxy) is 2. The minimum atomic E-state index is 0.497. The summed E-state index contributed by atoms with van der Waals surface area (Å²) in [4.78, 5) is 12.5. The molecular weight excluding hydrogens is 540 g/mol. The van der Waals surface area contributed by atoms with Gasteiger partial charge in [-0.1, -0.05) is 102 Å². The molecule has 2 aliphatic rings. The summed E-state index contributed by atoms with van der Waals surface area (Å²) in [5.41, 5.74) is 2.80. The number of aryl methyl sites for hydroxylation is 2. The van der Waals surface area contributed by atoms with Gasteiger partial charge in [-0.25, -0.2) is 0 Å². The highest BCUT2D eigenvalue weighted by Gasteiger charge is 2.23. The van der Waals surface area contributed by atoms with Crippen molar-refractivity contribution in [3.63, 3.8) is 0 Å². The number of hydrogen-bond donors (Lipinski definition) is 0. The van der Waals surface area contributed by atoms with Gasteiger partial charge < -0.3 is 9.47 Å². The molecule has 0 amide bonds. The van der Waals surface area contributed by atoms with Crippen molar-refractivity contribution < 1.29 is 14.3 Å². The Morgan fingerprint density at radius 2 is 0.909 bits per heavy atom. The highest BCUT2D eigenvalue weighted by Crippen LogP contribution is 2.34. The zero-order chi connectivity index (χ0) is 30.8. The predicted molar refractivity (Wildman–Crippen MR) is 185 cm³/mol. The zero-order valence-electron chi connectivity index (χ0n) is 28.2. The second-order valence-electron chi connectivity index (χ2n) is 14.2. The van der Waals surface area contributed by atoms with Gasteiger partial charge in [0.1, 0.15) is 17.3 Å². The van der Waals surface area contributed by atoms with Crippen molar-refractivity contribution in [1.29, 1.82) is 0 Å². The van der Waals surface area contributed by atoms with E-state index in [0.29, 0.717) is 17.6 Å². The number of carbonyl (C=O) groups excluding carboxylic acids is 1. The van der Waals surface area contributed by atoms with E-state index < -0.39 is 0 Å². The molecule has 0 N–H and O–H groups in total. The number of rotatable bonds is 20. The molecule has 0 aliphatic heterocycles. The standard InChI is InChI=1S/C41H62O3/c1-3-9-33-23-27-40(28-24-33)43-31-37-19-15-35(16-20-37)11-5-7-13-39(42)14-8-6-12-36-17-21-38(22-18-36)32-44-41-29-25-34(10-4-2)26-30-41/h23-30,35-38H,3-22,31-32H2,1-2H3/t35-,36?,37-,38?. The molecule has 0 radical (unpaired) electrons. The molecule has 0 saturated heterocycles. The maximum atomic E-state index is 12.5. The lowest BCUT2D eigenvalue weighted by Gasteiger charge is -2.28. The van der Waals surface area contributed by atoms with Crippen molar-refractivity contribution in [2.24, 2.45) is 23.7 Å². The van der Waals surface area contributed by atoms with Crippen LogP contribution in [-0.2, 0) is 17.6 Å². The van der Waals surface area contributed by atoms with Crippen LogP contribution < -0.4 is 9.47 Å². The third-order valence-electron chi connectivity index (χ3n) is 10.5. The molecule has 0 unspecified atom stereocenters. The third-order valence-corrected chi connectivity index (χ3v) is 10.5. The van der Waals surface area contributed by atoms with Gasteiger partial charge >= 0.3 is 0 Å². The normalized spacial score (nSPS) is 22.0. The lowest BCUT2D eigenvalue weighted by atomic mass is 9.80. The topological polar surface area (TPSA) is 35.5 Å². The van der Waals surface area contributed by atoms with Crippen molar-refractivity contribution in [2.75, 3.05) is 13.2 Å². The first-order valence-electron chi connectivity index (χ1n) is 18.6. The van der Waals surface area contributed by atoms with Crippen LogP contribution in [0.3, 0.4) is 0 Å². The highest BCUT2D eigenvalue weighted by molar-refractivity contribution is 5.78. The third kappa shape index (κ3) is 13.0. The van der Waals surface area contributed by atoms with E-state index in [1.165, 1.54) is 101 Å². The Hall–Kier alpha value is -2.29. The van der Waals surface area contributed by atoms with Crippen molar-refractivity contribution in [3.05, 3.63) is 59.7 Å². The molecule has 3 heteroatoms. The first-order chi connectivity index (χ1) is 21.6. The SMILES string of the molecule is CCCc1ccc(OCC2CCC(CCCCC(=O)CCCC[C@H]3CC[C@H](COc4ccc(CCC)cc4)CC3)CC2)cc1. The molecule has 3 nitrogen and oxygen atoms in total. The minimum Gasteiger partial charge on any atom is -0.493 e. The molecule has 0 aromatic heterocycles. The highest BCUT2D eigenvalue weighted by atomic mass is 16.5. The van der Waals surface area contributed by atoms with Gasteiger partial charge in [-0.15, -0.1) is 0 Å². The van der Waals surface area contributed by atoms with Crippen molar-refractivity contribution >= 4 is 5.78 Å². The molecule has 44 heavy (non-hydrogen) atoms. The Balaban J connectivity index is 0.947. The number of Topliss-reactive ketones (excluding diaryl/α,β-unsaturated/α-hetero) is 1. The summed E-state index contributed by atoms with van der Waals surface area (Å²) in [6, 6.07) is 17.4. The van der Waals surface area contributed by atoms with E-state index in [1.54, 1.807) is 0 Å². The lowest BCUT2D eigenvalue weighted by Crippen LogP contribution is -2.20. The molecule has 2 aromatic rings. The van der Waals surface area contributed by atoms with Gasteiger partial charge in [-0.2, -0.15) is 0 Å². The second kappa shape index (κ2) is 20.0. The van der Waals surface area contributed by atoms with Crippen LogP contribution in [-0.4, -0.2) is 19.0 Å². The lowest BCUT2D eigenvalue weighted by molar-refractivity contribution is -0.119. The van der Waals surface area contributed by atoms with Crippen LogP contribution in [0.2, 0.25) is 0 Å². The first-order valence-corrected chi connectivity index (χ1v) is 18.6. The van der Waals surface area contributed by atoms with E-state index in [4.69, 9.17) is 9.47 Å². The smallest absolute Gasteiger partial charge is 0.132 e. The fourth-order valence-electron chi connectivity index (χ4n) is 7.52. The Bertz CT molecular complexity index is 943. The van der Waals surface area contributed by atoms with Crippen molar-refractivity contribution in [3.8, 4) is 11.5 Å². The quantitative estimate of drug-likeness (QED) is 0.141. The van der Waals surface area contributed by atoms with Crippen LogP contribution in [0.1, 0.15) is 141 Å². The molecule has 2 fully saturated rings. The van der Waals surface area contributed by atoms with Gasteiger partial charge in [0.25, 0.3) is 0 Å². The van der Waals surface area contributed by atoms with Crippen LogP contribution >= 0.6 is 0 Å². The fraction of sp³-hybridized carbons (Fsp3) is 0.683. The molecule has 2 aliphatic carbocycles. The summed E-state index contributed by atoms with van der Waals surface area (Å²) >= 11 is 0.